The number of nitrogens with two attached hydrogens (primary N) is 1. The minimum atomic E-state index is -1.10. The number of rotatable bonds is 5. The summed E-state index contributed by atoms with van der Waals surface area (Å²) >= 11 is 0.774. The Labute approximate surface area is 257 Å². The molecule has 2 atom stereocenters. The summed E-state index contributed by atoms with van der Waals surface area (Å²) in [6, 6.07) is 2.39. The van der Waals surface area contributed by atoms with Crippen LogP contribution in [-0.4, -0.2) is 67.4 Å². The monoisotopic (exact) mass is 635 g/mol. The fourth-order valence-electron chi connectivity index (χ4n) is 7.07. The van der Waals surface area contributed by atoms with Crippen molar-refractivity contribution < 1.29 is 22.3 Å². The average Bonchev–Trinajstić information content (AvgIpc) is 3.78. The first kappa shape index (κ1) is 28.0. The van der Waals surface area contributed by atoms with Gasteiger partial charge in [0.05, 0.1) is 27.7 Å². The van der Waals surface area contributed by atoms with Crippen molar-refractivity contribution in [1.82, 2.24) is 29.4 Å². The maximum Gasteiger partial charge on any atom is 0.319 e. The number of nitrogen functional groups attached to an aromatic ring is 1. The Morgan fingerprint density at radius 1 is 1.16 bits per heavy atom. The molecule has 0 radical (unpaired) electrons. The molecule has 2 saturated heterocycles. The van der Waals surface area contributed by atoms with Gasteiger partial charge >= 0.3 is 6.01 Å². The number of hydrogen-bond acceptors (Lipinski definition) is 10. The van der Waals surface area contributed by atoms with Gasteiger partial charge in [0.1, 0.15) is 58.3 Å². The van der Waals surface area contributed by atoms with Crippen LogP contribution in [0.5, 0.6) is 6.01 Å². The Balaban J connectivity index is 1.29. The lowest BCUT2D eigenvalue weighted by Crippen LogP contribution is -2.43. The van der Waals surface area contributed by atoms with E-state index in [4.69, 9.17) is 10.5 Å². The zero-order valence-electron chi connectivity index (χ0n) is 23.7. The van der Waals surface area contributed by atoms with Crippen molar-refractivity contribution in [3.05, 3.63) is 53.5 Å². The fraction of sp³-hybridized carbons (Fsp3) is 0.367. The summed E-state index contributed by atoms with van der Waals surface area (Å²) in [6.07, 6.45) is 5.97. The number of ether oxygens (including phenoxy) is 1. The van der Waals surface area contributed by atoms with Crippen LogP contribution in [0.2, 0.25) is 0 Å². The Morgan fingerprint density at radius 3 is 2.87 bits per heavy atom. The van der Waals surface area contributed by atoms with Gasteiger partial charge in [-0.05, 0) is 19.4 Å². The van der Waals surface area contributed by atoms with E-state index in [1.165, 1.54) is 6.20 Å². The molecule has 230 valence electrons. The summed E-state index contributed by atoms with van der Waals surface area (Å²) in [7, 11) is 0. The first-order valence-electron chi connectivity index (χ1n) is 14.5. The molecule has 4 aromatic heterocycles. The Kier molecular flexibility index (Phi) is 6.37. The topological polar surface area (TPSA) is 122 Å². The van der Waals surface area contributed by atoms with E-state index < -0.39 is 40.4 Å². The summed E-state index contributed by atoms with van der Waals surface area (Å²) in [6.45, 7) is 2.73. The molecule has 0 bridgehead atoms. The summed E-state index contributed by atoms with van der Waals surface area (Å²) in [5, 5.41) is 9.81. The van der Waals surface area contributed by atoms with E-state index in [0.717, 1.165) is 36.5 Å². The number of thiophene rings is 1. The second-order valence-electron chi connectivity index (χ2n) is 11.7. The molecule has 10 nitrogen and oxygen atoms in total. The highest BCUT2D eigenvalue weighted by Crippen LogP contribution is 2.44. The molecular formula is C30H25F4N9OS. The molecule has 0 amide bonds. The van der Waals surface area contributed by atoms with Crippen molar-refractivity contribution in [2.75, 3.05) is 36.9 Å². The molecule has 3 aliphatic heterocycles. The Hall–Kier alpha value is -4.55. The van der Waals surface area contributed by atoms with Crippen molar-refractivity contribution in [2.45, 2.75) is 44.1 Å². The molecule has 5 aromatic rings. The number of aromatic nitrogens is 5. The average molecular weight is 636 g/mol. The van der Waals surface area contributed by atoms with E-state index in [2.05, 4.69) is 24.8 Å². The first-order valence-corrected chi connectivity index (χ1v) is 15.3. The maximum atomic E-state index is 16.7. The van der Waals surface area contributed by atoms with Crippen LogP contribution in [0, 0.1) is 28.8 Å². The van der Waals surface area contributed by atoms with Gasteiger partial charge in [0.15, 0.2) is 5.82 Å². The third-order valence-electron chi connectivity index (χ3n) is 9.16. The largest absolute Gasteiger partial charge is 0.461 e. The van der Waals surface area contributed by atoms with Crippen molar-refractivity contribution in [1.29, 1.82) is 5.26 Å². The Bertz CT molecular complexity index is 2060. The van der Waals surface area contributed by atoms with Crippen molar-refractivity contribution in [3.8, 4) is 23.3 Å². The van der Waals surface area contributed by atoms with E-state index in [9.17, 15) is 14.0 Å². The SMILES string of the molecule is N#Cc1c(N)sc2c(F)cc(F)c(-c3ncc4c(N5CCn6ccnc6C5)nc(OC[C@]56CCCN5C[C@@H](F)C6)nc4c3F)c12. The molecule has 3 aliphatic rings. The highest BCUT2D eigenvalue weighted by molar-refractivity contribution is 7.23. The molecule has 0 aliphatic carbocycles. The molecule has 45 heavy (non-hydrogen) atoms. The van der Waals surface area contributed by atoms with Gasteiger partial charge in [-0.25, -0.2) is 22.5 Å². The van der Waals surface area contributed by atoms with E-state index in [1.807, 2.05) is 21.7 Å². The van der Waals surface area contributed by atoms with E-state index in [0.29, 0.717) is 44.5 Å². The lowest BCUT2D eigenvalue weighted by molar-refractivity contribution is 0.107. The standard InChI is InChI=1S/C30H25F4N9OS/c31-15-9-30(2-1-4-43(30)12-15)14-44-29-39-24-17(28(40-29)42-7-6-41-5-3-37-20(41)13-42)11-38-25(23(24)34)22-18(32)8-19(33)26-21(22)16(10-35)27(36)45-26/h3,5,8,11,15H,1-2,4,6-7,9,12-14,36H2/t15-,30+/m0/s1. The highest BCUT2D eigenvalue weighted by Gasteiger charge is 2.49. The van der Waals surface area contributed by atoms with Crippen LogP contribution >= 0.6 is 11.3 Å². The van der Waals surface area contributed by atoms with Gasteiger partial charge in [-0.3, -0.25) is 9.88 Å². The lowest BCUT2D eigenvalue weighted by Gasteiger charge is -2.31. The Morgan fingerprint density at radius 2 is 2.02 bits per heavy atom. The quantitative estimate of drug-likeness (QED) is 0.268. The minimum absolute atomic E-state index is 0.0223. The molecule has 8 rings (SSSR count). The molecule has 1 aromatic carbocycles. The summed E-state index contributed by atoms with van der Waals surface area (Å²) in [4.78, 5) is 21.8. The molecule has 2 N–H and O–H groups in total. The molecular weight excluding hydrogens is 610 g/mol. The number of hydrogen-bond donors (Lipinski definition) is 1. The second kappa shape index (κ2) is 10.2. The van der Waals surface area contributed by atoms with Gasteiger partial charge in [0.25, 0.3) is 0 Å². The molecule has 2 fully saturated rings. The number of halogens is 4. The number of anilines is 2. The molecule has 15 heteroatoms. The zero-order chi connectivity index (χ0) is 31.0. The van der Waals surface area contributed by atoms with Crippen LogP contribution in [-0.2, 0) is 13.1 Å². The summed E-state index contributed by atoms with van der Waals surface area (Å²) in [5.41, 5.74) is 4.26. The van der Waals surface area contributed by atoms with Crippen molar-refractivity contribution in [3.63, 3.8) is 0 Å². The number of benzene rings is 1. The highest BCUT2D eigenvalue weighted by atomic mass is 32.1. The smallest absolute Gasteiger partial charge is 0.319 e. The number of fused-ring (bicyclic) bond motifs is 4. The van der Waals surface area contributed by atoms with Crippen LogP contribution < -0.4 is 15.4 Å². The third-order valence-corrected chi connectivity index (χ3v) is 10.2. The van der Waals surface area contributed by atoms with Gasteiger partial charge in [-0.1, -0.05) is 0 Å². The molecule has 0 spiro atoms. The number of alkyl halides is 1. The fourth-order valence-corrected chi connectivity index (χ4v) is 8.00. The van der Waals surface area contributed by atoms with Gasteiger partial charge in [0.2, 0.25) is 0 Å². The molecule has 0 unspecified atom stereocenters. The maximum absolute atomic E-state index is 16.7. The predicted molar refractivity (Wildman–Crippen MR) is 159 cm³/mol. The van der Waals surface area contributed by atoms with E-state index in [1.54, 1.807) is 6.20 Å². The van der Waals surface area contributed by atoms with E-state index >= 15 is 8.78 Å². The van der Waals surface area contributed by atoms with Gasteiger partial charge in [-0.2, -0.15) is 15.2 Å². The van der Waals surface area contributed by atoms with Gasteiger partial charge < -0.3 is 19.9 Å². The van der Waals surface area contributed by atoms with Crippen molar-refractivity contribution in [2.24, 2.45) is 0 Å². The summed E-state index contributed by atoms with van der Waals surface area (Å²) < 4.78 is 69.4. The third kappa shape index (κ3) is 4.30. The van der Waals surface area contributed by atoms with Crippen LogP contribution in [0.15, 0.2) is 24.7 Å². The number of imidazole rings is 1. The van der Waals surface area contributed by atoms with Crippen molar-refractivity contribution >= 4 is 43.1 Å². The van der Waals surface area contributed by atoms with Crippen LogP contribution in [0.25, 0.3) is 32.2 Å². The first-order chi connectivity index (χ1) is 21.8. The van der Waals surface area contributed by atoms with Crippen LogP contribution in [0.4, 0.5) is 28.4 Å². The number of nitriles is 1. The molecule has 0 saturated carbocycles. The zero-order valence-corrected chi connectivity index (χ0v) is 24.6. The van der Waals surface area contributed by atoms with Gasteiger partial charge in [-0.15, -0.1) is 11.3 Å². The van der Waals surface area contributed by atoms with Crippen LogP contribution in [0.3, 0.4) is 0 Å². The lowest BCUT2D eigenvalue weighted by atomic mass is 9.95. The number of pyridine rings is 1. The van der Waals surface area contributed by atoms with Crippen LogP contribution in [0.1, 0.15) is 30.7 Å². The number of nitrogens with zero attached hydrogens (tertiary/aromatic N) is 8. The second-order valence-corrected chi connectivity index (χ2v) is 12.8. The summed E-state index contributed by atoms with van der Waals surface area (Å²) in [5.74, 6) is -1.88. The normalized spacial score (nSPS) is 21.4. The minimum Gasteiger partial charge on any atom is -0.461 e. The van der Waals surface area contributed by atoms with E-state index in [-0.39, 0.29) is 44.2 Å². The molecule has 7 heterocycles. The predicted octanol–water partition coefficient (Wildman–Crippen LogP) is 4.95. The van der Waals surface area contributed by atoms with Gasteiger partial charge in [0, 0.05) is 61.7 Å².